The Hall–Kier alpha value is -4.08. The molecule has 1 amide bonds. The van der Waals surface area contributed by atoms with Crippen LogP contribution in [-0.2, 0) is 12.7 Å². The third-order valence-corrected chi connectivity index (χ3v) is 5.05. The van der Waals surface area contributed by atoms with Crippen molar-refractivity contribution >= 4 is 11.6 Å². The van der Waals surface area contributed by atoms with E-state index in [0.29, 0.717) is 28.4 Å². The number of carbonyl (C=O) groups is 1. The van der Waals surface area contributed by atoms with Crippen LogP contribution < -0.4 is 14.8 Å². The van der Waals surface area contributed by atoms with Crippen molar-refractivity contribution in [3.05, 3.63) is 77.6 Å². The molecule has 0 spiro atoms. The maximum absolute atomic E-state index is 12.7. The number of aromatic nitrogens is 3. The molecule has 162 valence electrons. The van der Waals surface area contributed by atoms with Gasteiger partial charge in [0.1, 0.15) is 5.56 Å². The van der Waals surface area contributed by atoms with E-state index in [1.165, 1.54) is 18.3 Å². The molecule has 1 aliphatic heterocycles. The lowest BCUT2D eigenvalue weighted by Gasteiger charge is -2.08. The molecule has 0 saturated heterocycles. The van der Waals surface area contributed by atoms with Crippen molar-refractivity contribution in [1.82, 2.24) is 19.9 Å². The lowest BCUT2D eigenvalue weighted by atomic mass is 10.1. The molecule has 32 heavy (non-hydrogen) atoms. The van der Waals surface area contributed by atoms with Crippen molar-refractivity contribution in [3.8, 4) is 22.8 Å². The molecule has 0 fully saturated rings. The van der Waals surface area contributed by atoms with Crippen LogP contribution in [0, 0.1) is 0 Å². The van der Waals surface area contributed by atoms with Crippen LogP contribution in [0.4, 0.5) is 13.2 Å². The molecule has 0 atom stereocenters. The van der Waals surface area contributed by atoms with Crippen molar-refractivity contribution in [3.63, 3.8) is 0 Å². The minimum atomic E-state index is -4.40. The Morgan fingerprint density at radius 1 is 1.06 bits per heavy atom. The van der Waals surface area contributed by atoms with Crippen LogP contribution in [0.3, 0.4) is 0 Å². The van der Waals surface area contributed by atoms with Crippen molar-refractivity contribution in [1.29, 1.82) is 0 Å². The third-order valence-electron chi connectivity index (χ3n) is 5.05. The number of rotatable bonds is 4. The molecule has 10 heteroatoms. The number of hydrogen-bond acceptors (Lipinski definition) is 5. The number of nitrogens with one attached hydrogen (secondary N) is 1. The summed E-state index contributed by atoms with van der Waals surface area (Å²) in [5.41, 5.74) is 1.91. The van der Waals surface area contributed by atoms with Gasteiger partial charge in [-0.15, -0.1) is 0 Å². The zero-order valence-corrected chi connectivity index (χ0v) is 16.4. The molecule has 1 aliphatic rings. The molecular formula is C22H15F3N4O3. The number of carbonyl (C=O) groups excluding carboxylic acids is 1. The van der Waals surface area contributed by atoms with Gasteiger partial charge in [-0.1, -0.05) is 12.1 Å². The summed E-state index contributed by atoms with van der Waals surface area (Å²) < 4.78 is 50.4. The maximum atomic E-state index is 12.7. The maximum Gasteiger partial charge on any atom is 0.416 e. The molecule has 0 saturated carbocycles. The third kappa shape index (κ3) is 3.59. The first kappa shape index (κ1) is 19.9. The Morgan fingerprint density at radius 3 is 2.62 bits per heavy atom. The zero-order chi connectivity index (χ0) is 22.3. The predicted octanol–water partition coefficient (Wildman–Crippen LogP) is 4.07. The fraction of sp³-hybridized carbons (Fsp3) is 0.136. The molecule has 2 aromatic carbocycles. The normalized spacial score (nSPS) is 12.8. The summed E-state index contributed by atoms with van der Waals surface area (Å²) in [5.74, 6) is 0.840. The SMILES string of the molecule is O=C(NCc1ccc(C(F)(F)F)cc1)c1cnn2c(-c3ccc4c(c3)OCO4)ccnc12. The van der Waals surface area contributed by atoms with Crippen LogP contribution in [0.5, 0.6) is 11.5 Å². The summed E-state index contributed by atoms with van der Waals surface area (Å²) in [6.07, 6.45) is -1.43. The zero-order valence-electron chi connectivity index (χ0n) is 16.4. The van der Waals surface area contributed by atoms with Crippen LogP contribution in [0.1, 0.15) is 21.5 Å². The van der Waals surface area contributed by atoms with Gasteiger partial charge in [0.2, 0.25) is 6.79 Å². The first-order valence-electron chi connectivity index (χ1n) is 9.57. The van der Waals surface area contributed by atoms with Crippen molar-refractivity contribution in [2.45, 2.75) is 12.7 Å². The molecule has 1 N–H and O–H groups in total. The van der Waals surface area contributed by atoms with Crippen molar-refractivity contribution in [2.24, 2.45) is 0 Å². The van der Waals surface area contributed by atoms with Gasteiger partial charge in [-0.3, -0.25) is 4.79 Å². The van der Waals surface area contributed by atoms with Crippen molar-refractivity contribution < 1.29 is 27.4 Å². The molecule has 0 unspecified atom stereocenters. The largest absolute Gasteiger partial charge is 0.454 e. The molecule has 0 bridgehead atoms. The number of alkyl halides is 3. The fourth-order valence-corrected chi connectivity index (χ4v) is 3.42. The summed E-state index contributed by atoms with van der Waals surface area (Å²) in [5, 5.41) is 6.99. The Kier molecular flexibility index (Phi) is 4.69. The minimum Gasteiger partial charge on any atom is -0.454 e. The van der Waals surface area contributed by atoms with Gasteiger partial charge in [-0.2, -0.15) is 18.3 Å². The molecule has 5 rings (SSSR count). The van der Waals surface area contributed by atoms with Crippen LogP contribution in [0.15, 0.2) is 60.9 Å². The fourth-order valence-electron chi connectivity index (χ4n) is 3.42. The van der Waals surface area contributed by atoms with E-state index in [1.54, 1.807) is 22.8 Å². The summed E-state index contributed by atoms with van der Waals surface area (Å²) in [4.78, 5) is 17.0. The Balaban J connectivity index is 1.37. The molecular weight excluding hydrogens is 425 g/mol. The van der Waals surface area contributed by atoms with E-state index in [-0.39, 0.29) is 18.9 Å². The monoisotopic (exact) mass is 440 g/mol. The van der Waals surface area contributed by atoms with Gasteiger partial charge in [0.15, 0.2) is 17.1 Å². The highest BCUT2D eigenvalue weighted by Crippen LogP contribution is 2.36. The summed E-state index contributed by atoms with van der Waals surface area (Å²) in [7, 11) is 0. The van der Waals surface area contributed by atoms with E-state index in [1.807, 2.05) is 12.1 Å². The van der Waals surface area contributed by atoms with E-state index in [4.69, 9.17) is 9.47 Å². The van der Waals surface area contributed by atoms with Crippen molar-refractivity contribution in [2.75, 3.05) is 6.79 Å². The molecule has 3 heterocycles. The molecule has 0 radical (unpaired) electrons. The topological polar surface area (TPSA) is 77.8 Å². The first-order chi connectivity index (χ1) is 15.4. The quantitative estimate of drug-likeness (QED) is 0.518. The number of fused-ring (bicyclic) bond motifs is 2. The number of halogens is 3. The van der Waals surface area contributed by atoms with Crippen LogP contribution in [0.25, 0.3) is 16.9 Å². The number of amides is 1. The highest BCUT2D eigenvalue weighted by molar-refractivity contribution is 5.99. The van der Waals surface area contributed by atoms with Gasteiger partial charge in [-0.05, 0) is 42.0 Å². The van der Waals surface area contributed by atoms with Gasteiger partial charge in [-0.25, -0.2) is 9.50 Å². The number of benzene rings is 2. The smallest absolute Gasteiger partial charge is 0.416 e. The number of hydrogen-bond donors (Lipinski definition) is 1. The molecule has 7 nitrogen and oxygen atoms in total. The average Bonchev–Trinajstić information content (AvgIpc) is 3.43. The van der Waals surface area contributed by atoms with Crippen LogP contribution in [-0.4, -0.2) is 27.3 Å². The second kappa shape index (κ2) is 7.56. The first-order valence-corrected chi connectivity index (χ1v) is 9.57. The van der Waals surface area contributed by atoms with Gasteiger partial charge in [0, 0.05) is 18.3 Å². The average molecular weight is 440 g/mol. The highest BCUT2D eigenvalue weighted by Gasteiger charge is 2.30. The van der Waals surface area contributed by atoms with E-state index < -0.39 is 17.6 Å². The lowest BCUT2D eigenvalue weighted by Crippen LogP contribution is -2.23. The Bertz CT molecular complexity index is 1320. The summed E-state index contributed by atoms with van der Waals surface area (Å²) in [6.45, 7) is 0.228. The highest BCUT2D eigenvalue weighted by atomic mass is 19.4. The standard InChI is InChI=1S/C22H15F3N4O3/c23-22(24,25)15-4-1-13(2-5-15)10-27-21(30)16-11-28-29-17(7-8-26-20(16)29)14-3-6-18-19(9-14)32-12-31-18/h1-9,11H,10,12H2,(H,27,30). The van der Waals surface area contributed by atoms with E-state index in [2.05, 4.69) is 15.4 Å². The van der Waals surface area contributed by atoms with Gasteiger partial charge < -0.3 is 14.8 Å². The summed E-state index contributed by atoms with van der Waals surface area (Å²) >= 11 is 0. The predicted molar refractivity (Wildman–Crippen MR) is 107 cm³/mol. The van der Waals surface area contributed by atoms with Gasteiger partial charge in [0.25, 0.3) is 5.91 Å². The molecule has 0 aliphatic carbocycles. The number of ether oxygens (including phenoxy) is 2. The second-order valence-electron chi connectivity index (χ2n) is 7.07. The minimum absolute atomic E-state index is 0.0656. The van der Waals surface area contributed by atoms with Gasteiger partial charge >= 0.3 is 6.18 Å². The molecule has 2 aromatic heterocycles. The van der Waals surface area contributed by atoms with Crippen LogP contribution >= 0.6 is 0 Å². The Morgan fingerprint density at radius 2 is 1.84 bits per heavy atom. The van der Waals surface area contributed by atoms with Crippen LogP contribution in [0.2, 0.25) is 0 Å². The second-order valence-corrected chi connectivity index (χ2v) is 7.07. The van der Waals surface area contributed by atoms with E-state index >= 15 is 0 Å². The Labute approximate surface area is 179 Å². The summed E-state index contributed by atoms with van der Waals surface area (Å²) in [6, 6.07) is 11.9. The van der Waals surface area contributed by atoms with E-state index in [0.717, 1.165) is 17.7 Å². The number of nitrogens with zero attached hydrogens (tertiary/aromatic N) is 3. The lowest BCUT2D eigenvalue weighted by molar-refractivity contribution is -0.137. The molecule has 4 aromatic rings. The van der Waals surface area contributed by atoms with Gasteiger partial charge in [0.05, 0.1) is 17.5 Å². The van der Waals surface area contributed by atoms with E-state index in [9.17, 15) is 18.0 Å².